The Morgan fingerprint density at radius 3 is 2.72 bits per heavy atom. The third-order valence-corrected chi connectivity index (χ3v) is 2.81. The van der Waals surface area contributed by atoms with Crippen molar-refractivity contribution in [2.24, 2.45) is 11.5 Å². The molecule has 0 aliphatic carbocycles. The Morgan fingerprint density at radius 2 is 2.06 bits per heavy atom. The maximum atomic E-state index is 5.97. The molecule has 1 unspecified atom stereocenters. The summed E-state index contributed by atoms with van der Waals surface area (Å²) in [7, 11) is 0. The van der Waals surface area contributed by atoms with Gasteiger partial charge >= 0.3 is 0 Å². The fraction of sp³-hybridized carbons (Fsp3) is 0.200. The molecule has 0 aliphatic rings. The van der Waals surface area contributed by atoms with Crippen LogP contribution in [0.4, 0.5) is 0 Å². The Morgan fingerprint density at radius 1 is 1.28 bits per heavy atom. The molecule has 2 nitrogen and oxygen atoms in total. The van der Waals surface area contributed by atoms with Gasteiger partial charge < -0.3 is 11.5 Å². The van der Waals surface area contributed by atoms with Crippen LogP contribution in [0.15, 0.2) is 55.2 Å². The lowest BCUT2D eigenvalue weighted by Gasteiger charge is -2.05. The minimum Gasteiger partial charge on any atom is -0.326 e. The SMILES string of the molecule is C=CC(N)C=CC=CCc1cc(Cl)ccc1CN. The lowest BCUT2D eigenvalue weighted by Crippen LogP contribution is -2.11. The highest BCUT2D eigenvalue weighted by Gasteiger charge is 1.99. The smallest absolute Gasteiger partial charge is 0.0410 e. The van der Waals surface area contributed by atoms with Crippen LogP contribution in [0, 0.1) is 0 Å². The highest BCUT2D eigenvalue weighted by Crippen LogP contribution is 2.16. The van der Waals surface area contributed by atoms with Gasteiger partial charge in [-0.25, -0.2) is 0 Å². The van der Waals surface area contributed by atoms with Crippen LogP contribution in [0.2, 0.25) is 5.02 Å². The zero-order valence-electron chi connectivity index (χ0n) is 10.4. The minimum absolute atomic E-state index is 0.0968. The van der Waals surface area contributed by atoms with Gasteiger partial charge in [-0.3, -0.25) is 0 Å². The second-order valence-corrected chi connectivity index (χ2v) is 4.38. The fourth-order valence-electron chi connectivity index (χ4n) is 1.53. The predicted octanol–water partition coefficient (Wildman–Crippen LogP) is 2.97. The van der Waals surface area contributed by atoms with Gasteiger partial charge in [0, 0.05) is 17.6 Å². The normalized spacial score (nSPS) is 13.3. The van der Waals surface area contributed by atoms with Crippen LogP contribution in [-0.2, 0) is 13.0 Å². The van der Waals surface area contributed by atoms with E-state index in [1.807, 2.05) is 36.4 Å². The molecule has 0 saturated heterocycles. The molecule has 4 N–H and O–H groups in total. The van der Waals surface area contributed by atoms with E-state index in [9.17, 15) is 0 Å². The Bertz CT molecular complexity index is 450. The topological polar surface area (TPSA) is 52.0 Å². The molecule has 0 amide bonds. The fourth-order valence-corrected chi connectivity index (χ4v) is 1.72. The molecule has 0 aromatic heterocycles. The third kappa shape index (κ3) is 4.88. The van der Waals surface area contributed by atoms with Gasteiger partial charge in [-0.2, -0.15) is 0 Å². The summed E-state index contributed by atoms with van der Waals surface area (Å²) in [6.45, 7) is 4.14. The van der Waals surface area contributed by atoms with Crippen LogP contribution < -0.4 is 11.5 Å². The van der Waals surface area contributed by atoms with Crippen molar-refractivity contribution < 1.29 is 0 Å². The van der Waals surface area contributed by atoms with Crippen molar-refractivity contribution in [1.82, 2.24) is 0 Å². The summed E-state index contributed by atoms with van der Waals surface area (Å²) in [5.41, 5.74) is 13.6. The first-order valence-corrected chi connectivity index (χ1v) is 6.24. The molecule has 96 valence electrons. The second kappa shape index (κ2) is 7.88. The number of nitrogens with two attached hydrogens (primary N) is 2. The van der Waals surface area contributed by atoms with E-state index in [0.29, 0.717) is 6.54 Å². The molecule has 0 radical (unpaired) electrons. The highest BCUT2D eigenvalue weighted by atomic mass is 35.5. The van der Waals surface area contributed by atoms with E-state index in [1.165, 1.54) is 0 Å². The Balaban J connectivity index is 2.62. The molecule has 0 aliphatic heterocycles. The maximum absolute atomic E-state index is 5.97. The highest BCUT2D eigenvalue weighted by molar-refractivity contribution is 6.30. The number of rotatable bonds is 6. The molecule has 1 aromatic rings. The van der Waals surface area contributed by atoms with Crippen LogP contribution in [0.25, 0.3) is 0 Å². The average molecular weight is 263 g/mol. The van der Waals surface area contributed by atoms with E-state index in [4.69, 9.17) is 23.1 Å². The van der Waals surface area contributed by atoms with Gasteiger partial charge in [-0.15, -0.1) is 6.58 Å². The van der Waals surface area contributed by atoms with Crippen LogP contribution in [-0.4, -0.2) is 6.04 Å². The van der Waals surface area contributed by atoms with Crippen LogP contribution in [0.3, 0.4) is 0 Å². The summed E-state index contributed by atoms with van der Waals surface area (Å²) in [4.78, 5) is 0. The quantitative estimate of drug-likeness (QED) is 0.612. The van der Waals surface area contributed by atoms with E-state index in [1.54, 1.807) is 6.08 Å². The summed E-state index contributed by atoms with van der Waals surface area (Å²) in [5, 5.41) is 0.736. The van der Waals surface area contributed by atoms with E-state index in [2.05, 4.69) is 12.7 Å². The molecular formula is C15H19ClN2. The molecule has 0 fully saturated rings. The van der Waals surface area contributed by atoms with Crippen LogP contribution in [0.5, 0.6) is 0 Å². The summed E-state index contributed by atoms with van der Waals surface area (Å²) < 4.78 is 0. The molecule has 0 bridgehead atoms. The number of halogens is 1. The van der Waals surface area contributed by atoms with Crippen molar-refractivity contribution in [2.45, 2.75) is 19.0 Å². The molecule has 1 rings (SSSR count). The first-order valence-electron chi connectivity index (χ1n) is 5.86. The molecular weight excluding hydrogens is 244 g/mol. The van der Waals surface area contributed by atoms with Crippen LogP contribution >= 0.6 is 11.6 Å². The van der Waals surface area contributed by atoms with E-state index >= 15 is 0 Å². The van der Waals surface area contributed by atoms with Crippen LogP contribution in [0.1, 0.15) is 11.1 Å². The van der Waals surface area contributed by atoms with Gasteiger partial charge in [0.1, 0.15) is 0 Å². The second-order valence-electron chi connectivity index (χ2n) is 3.95. The van der Waals surface area contributed by atoms with Gasteiger partial charge in [-0.1, -0.05) is 48.0 Å². The van der Waals surface area contributed by atoms with Crippen molar-refractivity contribution in [1.29, 1.82) is 0 Å². The minimum atomic E-state index is -0.0968. The first kappa shape index (κ1) is 14.7. The number of hydrogen-bond acceptors (Lipinski definition) is 2. The largest absolute Gasteiger partial charge is 0.326 e. The first-order chi connectivity index (χ1) is 8.67. The lowest BCUT2D eigenvalue weighted by molar-refractivity contribution is 1.03. The van der Waals surface area contributed by atoms with Crippen molar-refractivity contribution in [2.75, 3.05) is 0 Å². The van der Waals surface area contributed by atoms with Gasteiger partial charge in [0.2, 0.25) is 0 Å². The molecule has 3 heteroatoms. The van der Waals surface area contributed by atoms with E-state index in [0.717, 1.165) is 22.6 Å². The maximum Gasteiger partial charge on any atom is 0.0410 e. The van der Waals surface area contributed by atoms with Gasteiger partial charge in [0.05, 0.1) is 0 Å². The number of allylic oxidation sites excluding steroid dienone is 3. The van der Waals surface area contributed by atoms with Crippen molar-refractivity contribution in [3.63, 3.8) is 0 Å². The average Bonchev–Trinajstić information content (AvgIpc) is 2.38. The van der Waals surface area contributed by atoms with Crippen molar-refractivity contribution in [3.8, 4) is 0 Å². The number of benzene rings is 1. The molecule has 0 heterocycles. The van der Waals surface area contributed by atoms with Crippen molar-refractivity contribution in [3.05, 3.63) is 71.3 Å². The van der Waals surface area contributed by atoms with E-state index < -0.39 is 0 Å². The Labute approximate surface area is 114 Å². The zero-order chi connectivity index (χ0) is 13.4. The van der Waals surface area contributed by atoms with Gasteiger partial charge in [0.25, 0.3) is 0 Å². The standard InChI is InChI=1S/C15H19ClN2/c1-2-15(18)7-5-3-4-6-12-10-14(16)9-8-13(12)11-17/h2-5,7-10,15H,1,6,11,17-18H2. The summed E-state index contributed by atoms with van der Waals surface area (Å²) in [6.07, 6.45) is 10.3. The van der Waals surface area contributed by atoms with Gasteiger partial charge in [-0.05, 0) is 29.7 Å². The van der Waals surface area contributed by atoms with Gasteiger partial charge in [0.15, 0.2) is 0 Å². The van der Waals surface area contributed by atoms with Crippen molar-refractivity contribution >= 4 is 11.6 Å². The zero-order valence-corrected chi connectivity index (χ0v) is 11.1. The predicted molar refractivity (Wildman–Crippen MR) is 79.5 cm³/mol. The summed E-state index contributed by atoms with van der Waals surface area (Å²) in [6, 6.07) is 5.68. The summed E-state index contributed by atoms with van der Waals surface area (Å²) in [5.74, 6) is 0. The monoisotopic (exact) mass is 262 g/mol. The Kier molecular flexibility index (Phi) is 6.44. The molecule has 1 aromatic carbocycles. The molecule has 0 saturated carbocycles. The van der Waals surface area contributed by atoms with E-state index in [-0.39, 0.29) is 6.04 Å². The molecule has 1 atom stereocenters. The lowest BCUT2D eigenvalue weighted by atomic mass is 10.0. The third-order valence-electron chi connectivity index (χ3n) is 2.58. The molecule has 0 spiro atoms. The number of hydrogen-bond donors (Lipinski definition) is 2. The summed E-state index contributed by atoms with van der Waals surface area (Å²) >= 11 is 5.97. The Hall–Kier alpha value is -1.35. The molecule has 18 heavy (non-hydrogen) atoms.